The minimum Gasteiger partial charge on any atom is -0.508 e. The van der Waals surface area contributed by atoms with Gasteiger partial charge in [-0.25, -0.2) is 0 Å². The van der Waals surface area contributed by atoms with E-state index in [1.54, 1.807) is 12.3 Å². The Labute approximate surface area is 85.6 Å². The van der Waals surface area contributed by atoms with Gasteiger partial charge in [0, 0.05) is 50.2 Å². The zero-order valence-electron chi connectivity index (χ0n) is 6.13. The first kappa shape index (κ1) is 10.1. The SMILES string of the molecule is Cc1nccc(O)c1C.[Y]. The van der Waals surface area contributed by atoms with Crippen LogP contribution in [0.2, 0.25) is 0 Å². The number of pyridine rings is 1. The molecule has 10 heavy (non-hydrogen) atoms. The Hall–Kier alpha value is 0.0539. The van der Waals surface area contributed by atoms with E-state index in [-0.39, 0.29) is 32.7 Å². The van der Waals surface area contributed by atoms with E-state index < -0.39 is 0 Å². The summed E-state index contributed by atoms with van der Waals surface area (Å²) >= 11 is 0. The van der Waals surface area contributed by atoms with Gasteiger partial charge in [-0.2, -0.15) is 0 Å². The Morgan fingerprint density at radius 1 is 1.40 bits per heavy atom. The Morgan fingerprint density at radius 3 is 2.40 bits per heavy atom. The van der Waals surface area contributed by atoms with Crippen LogP contribution in [0.1, 0.15) is 11.3 Å². The summed E-state index contributed by atoms with van der Waals surface area (Å²) in [5, 5.41) is 9.06. The Balaban J connectivity index is 0.000000810. The van der Waals surface area contributed by atoms with Gasteiger partial charge in [-0.15, -0.1) is 0 Å². The van der Waals surface area contributed by atoms with Gasteiger partial charge in [0.2, 0.25) is 0 Å². The van der Waals surface area contributed by atoms with Crippen molar-refractivity contribution in [2.45, 2.75) is 13.8 Å². The monoisotopic (exact) mass is 212 g/mol. The second kappa shape index (κ2) is 4.04. The molecule has 2 nitrogen and oxygen atoms in total. The van der Waals surface area contributed by atoms with Crippen molar-refractivity contribution in [1.82, 2.24) is 4.98 Å². The summed E-state index contributed by atoms with van der Waals surface area (Å²) in [4.78, 5) is 3.98. The third kappa shape index (κ3) is 2.03. The van der Waals surface area contributed by atoms with Gasteiger partial charge >= 0.3 is 0 Å². The molecule has 0 aromatic carbocycles. The van der Waals surface area contributed by atoms with E-state index in [2.05, 4.69) is 4.98 Å². The van der Waals surface area contributed by atoms with Crippen molar-refractivity contribution in [2.75, 3.05) is 0 Å². The van der Waals surface area contributed by atoms with Crippen molar-refractivity contribution in [3.63, 3.8) is 0 Å². The van der Waals surface area contributed by atoms with Gasteiger partial charge in [-0.05, 0) is 19.9 Å². The van der Waals surface area contributed by atoms with Crippen LogP contribution in [0.15, 0.2) is 12.3 Å². The van der Waals surface area contributed by atoms with Gasteiger partial charge < -0.3 is 5.11 Å². The third-order valence-corrected chi connectivity index (χ3v) is 1.43. The first-order valence-electron chi connectivity index (χ1n) is 2.83. The Morgan fingerprint density at radius 2 is 2.00 bits per heavy atom. The largest absolute Gasteiger partial charge is 0.508 e. The summed E-state index contributed by atoms with van der Waals surface area (Å²) in [6, 6.07) is 1.59. The zero-order chi connectivity index (χ0) is 6.85. The molecule has 0 saturated heterocycles. The summed E-state index contributed by atoms with van der Waals surface area (Å²) in [5.74, 6) is 0.322. The van der Waals surface area contributed by atoms with Gasteiger partial charge in [0.15, 0.2) is 0 Å². The maximum absolute atomic E-state index is 9.06. The molecule has 1 N–H and O–H groups in total. The molecule has 0 spiro atoms. The molecule has 0 aliphatic heterocycles. The quantitative estimate of drug-likeness (QED) is 0.705. The molecule has 1 aromatic heterocycles. The fourth-order valence-electron chi connectivity index (χ4n) is 0.627. The summed E-state index contributed by atoms with van der Waals surface area (Å²) < 4.78 is 0. The molecule has 0 unspecified atom stereocenters. The van der Waals surface area contributed by atoms with Crippen molar-refractivity contribution < 1.29 is 37.8 Å². The first-order chi connectivity index (χ1) is 4.22. The van der Waals surface area contributed by atoms with Crippen molar-refractivity contribution in [2.24, 2.45) is 0 Å². The first-order valence-corrected chi connectivity index (χ1v) is 2.83. The van der Waals surface area contributed by atoms with Crippen LogP contribution in [0.25, 0.3) is 0 Å². The summed E-state index contributed by atoms with van der Waals surface area (Å²) in [6.07, 6.45) is 1.59. The second-order valence-electron chi connectivity index (χ2n) is 2.04. The fraction of sp³-hybridized carbons (Fsp3) is 0.286. The molecular formula is C7H9NOY. The van der Waals surface area contributed by atoms with E-state index >= 15 is 0 Å². The molecule has 1 aromatic rings. The molecule has 0 saturated carbocycles. The van der Waals surface area contributed by atoms with E-state index in [0.29, 0.717) is 5.75 Å². The van der Waals surface area contributed by atoms with Gasteiger partial charge in [0.1, 0.15) is 5.75 Å². The van der Waals surface area contributed by atoms with Crippen LogP contribution in [0.4, 0.5) is 0 Å². The van der Waals surface area contributed by atoms with Gasteiger partial charge in [0.05, 0.1) is 0 Å². The number of aromatic nitrogens is 1. The van der Waals surface area contributed by atoms with Crippen LogP contribution < -0.4 is 0 Å². The van der Waals surface area contributed by atoms with E-state index in [9.17, 15) is 0 Å². The number of nitrogens with zero attached hydrogens (tertiary/aromatic N) is 1. The number of aromatic hydroxyl groups is 1. The van der Waals surface area contributed by atoms with Crippen LogP contribution in [-0.2, 0) is 32.7 Å². The van der Waals surface area contributed by atoms with Crippen molar-refractivity contribution >= 4 is 0 Å². The van der Waals surface area contributed by atoms with E-state index in [0.717, 1.165) is 11.3 Å². The van der Waals surface area contributed by atoms with Crippen LogP contribution in [0.3, 0.4) is 0 Å². The van der Waals surface area contributed by atoms with E-state index in [4.69, 9.17) is 5.11 Å². The van der Waals surface area contributed by atoms with Gasteiger partial charge in [-0.1, -0.05) is 0 Å². The average molecular weight is 212 g/mol. The molecule has 0 bridgehead atoms. The van der Waals surface area contributed by atoms with Crippen molar-refractivity contribution in [3.8, 4) is 5.75 Å². The number of rotatable bonds is 0. The van der Waals surface area contributed by atoms with Gasteiger partial charge in [0.25, 0.3) is 0 Å². The number of hydrogen-bond acceptors (Lipinski definition) is 2. The molecular weight excluding hydrogens is 203 g/mol. The van der Waals surface area contributed by atoms with Crippen molar-refractivity contribution in [1.29, 1.82) is 0 Å². The molecule has 0 fully saturated rings. The molecule has 1 rings (SSSR count). The predicted octanol–water partition coefficient (Wildman–Crippen LogP) is 1.40. The Kier molecular flexibility index (Phi) is 4.06. The van der Waals surface area contributed by atoms with E-state index in [1.807, 2.05) is 13.8 Å². The molecule has 0 atom stereocenters. The summed E-state index contributed by atoms with van der Waals surface area (Å²) in [6.45, 7) is 3.72. The average Bonchev–Trinajstić information content (AvgIpc) is 1.83. The number of hydrogen-bond donors (Lipinski definition) is 1. The second-order valence-corrected chi connectivity index (χ2v) is 2.04. The molecule has 3 heteroatoms. The smallest absolute Gasteiger partial charge is 0.121 e. The molecule has 0 amide bonds. The molecule has 0 aliphatic carbocycles. The minimum atomic E-state index is 0. The topological polar surface area (TPSA) is 33.1 Å². The summed E-state index contributed by atoms with van der Waals surface area (Å²) in [7, 11) is 0. The number of aryl methyl sites for hydroxylation is 1. The van der Waals surface area contributed by atoms with Crippen LogP contribution in [0, 0.1) is 13.8 Å². The normalized spacial score (nSPS) is 8.60. The zero-order valence-corrected chi connectivity index (χ0v) is 8.96. The molecule has 1 heterocycles. The van der Waals surface area contributed by atoms with Crippen molar-refractivity contribution in [3.05, 3.63) is 23.5 Å². The molecule has 0 aliphatic rings. The minimum absolute atomic E-state index is 0. The Bertz CT molecular complexity index is 205. The predicted molar refractivity (Wildman–Crippen MR) is 35.4 cm³/mol. The van der Waals surface area contributed by atoms with Crippen LogP contribution in [0.5, 0.6) is 5.75 Å². The maximum atomic E-state index is 9.06. The van der Waals surface area contributed by atoms with Gasteiger partial charge in [-0.3, -0.25) is 4.98 Å². The summed E-state index contributed by atoms with van der Waals surface area (Å²) in [5.41, 5.74) is 1.74. The van der Waals surface area contributed by atoms with Crippen LogP contribution in [-0.4, -0.2) is 10.1 Å². The standard InChI is InChI=1S/C7H9NO.Y/c1-5-6(2)8-4-3-7(5)9;/h3-4H,1-2H3,(H,8,9);. The van der Waals surface area contributed by atoms with Crippen LogP contribution >= 0.6 is 0 Å². The molecule has 51 valence electrons. The van der Waals surface area contributed by atoms with E-state index in [1.165, 1.54) is 0 Å². The fourth-order valence-corrected chi connectivity index (χ4v) is 0.627. The maximum Gasteiger partial charge on any atom is 0.121 e. The third-order valence-electron chi connectivity index (χ3n) is 1.43. The molecule has 1 radical (unpaired) electrons.